The number of aromatic nitrogens is 1. The van der Waals surface area contributed by atoms with Gasteiger partial charge < -0.3 is 9.47 Å². The monoisotopic (exact) mass is 652 g/mol. The first kappa shape index (κ1) is 29.5. The van der Waals surface area contributed by atoms with Crippen LogP contribution in [0.15, 0.2) is 182 Å². The Bertz CT molecular complexity index is 2770. The smallest absolute Gasteiger partial charge is 0.0621 e. The van der Waals surface area contributed by atoms with Crippen molar-refractivity contribution in [2.45, 2.75) is 19.3 Å². The second-order valence-electron chi connectivity index (χ2n) is 14.2. The van der Waals surface area contributed by atoms with Gasteiger partial charge in [-0.2, -0.15) is 0 Å². The predicted molar refractivity (Wildman–Crippen MR) is 216 cm³/mol. The Labute approximate surface area is 298 Å². The van der Waals surface area contributed by atoms with Crippen LogP contribution >= 0.6 is 0 Å². The summed E-state index contributed by atoms with van der Waals surface area (Å²) in [5, 5.41) is 4.92. The maximum absolute atomic E-state index is 2.46. The molecule has 1 aromatic heterocycles. The molecule has 1 aliphatic carbocycles. The van der Waals surface area contributed by atoms with Gasteiger partial charge in [-0.25, -0.2) is 0 Å². The summed E-state index contributed by atoms with van der Waals surface area (Å²) in [4.78, 5) is 2.46. The minimum atomic E-state index is -0.112. The van der Waals surface area contributed by atoms with Crippen molar-refractivity contribution in [2.75, 3.05) is 4.90 Å². The molecule has 0 spiro atoms. The molecule has 9 aromatic rings. The number of hydrogen-bond donors (Lipinski definition) is 0. The molecule has 1 heterocycles. The van der Waals surface area contributed by atoms with Crippen LogP contribution in [-0.4, -0.2) is 4.57 Å². The van der Waals surface area contributed by atoms with Crippen molar-refractivity contribution in [3.05, 3.63) is 193 Å². The Balaban J connectivity index is 1.29. The second kappa shape index (κ2) is 11.3. The second-order valence-corrected chi connectivity index (χ2v) is 14.2. The summed E-state index contributed by atoms with van der Waals surface area (Å²) in [7, 11) is 0. The minimum absolute atomic E-state index is 0.112. The van der Waals surface area contributed by atoms with Crippen molar-refractivity contribution in [3.8, 4) is 27.9 Å². The lowest BCUT2D eigenvalue weighted by Gasteiger charge is -2.29. The average molecular weight is 653 g/mol. The molecule has 0 aliphatic heterocycles. The van der Waals surface area contributed by atoms with E-state index in [0.29, 0.717) is 0 Å². The van der Waals surface area contributed by atoms with E-state index in [0.717, 1.165) is 22.7 Å². The van der Waals surface area contributed by atoms with Gasteiger partial charge in [-0.05, 0) is 93.2 Å². The standard InChI is InChI=1S/C49H36N2/c1-49(2)45-23-13-11-21-40(45)41-28-27-38(32-46(41)49)50(37-26-25-33-15-9-10-18-35(33)29-37)39-30-43(34-16-5-3-6-17-34)48-44(31-39)42-22-12-14-24-47(42)51(48)36-19-7-4-8-20-36/h3-32H,1-2H3. The van der Waals surface area contributed by atoms with E-state index in [1.54, 1.807) is 0 Å². The molecule has 51 heavy (non-hydrogen) atoms. The largest absolute Gasteiger partial charge is 0.310 e. The molecule has 0 bridgehead atoms. The van der Waals surface area contributed by atoms with Crippen LogP contribution in [0.5, 0.6) is 0 Å². The normalized spacial score (nSPS) is 13.1. The third kappa shape index (κ3) is 4.57. The molecule has 0 N–H and O–H groups in total. The lowest BCUT2D eigenvalue weighted by molar-refractivity contribution is 0.660. The zero-order valence-corrected chi connectivity index (χ0v) is 28.7. The lowest BCUT2D eigenvalue weighted by atomic mass is 9.82. The van der Waals surface area contributed by atoms with Crippen LogP contribution in [0.25, 0.3) is 60.5 Å². The fraction of sp³-hybridized carbons (Fsp3) is 0.0612. The maximum atomic E-state index is 2.46. The number of hydrogen-bond acceptors (Lipinski definition) is 1. The predicted octanol–water partition coefficient (Wildman–Crippen LogP) is 13.4. The van der Waals surface area contributed by atoms with E-state index < -0.39 is 0 Å². The number of para-hydroxylation sites is 2. The van der Waals surface area contributed by atoms with E-state index in [4.69, 9.17) is 0 Å². The Morgan fingerprint density at radius 2 is 1.08 bits per heavy atom. The van der Waals surface area contributed by atoms with Gasteiger partial charge in [0.25, 0.3) is 0 Å². The molecule has 2 heteroatoms. The molecule has 0 saturated heterocycles. The number of rotatable bonds is 5. The van der Waals surface area contributed by atoms with Crippen molar-refractivity contribution in [2.24, 2.45) is 0 Å². The van der Waals surface area contributed by atoms with Crippen LogP contribution in [0.2, 0.25) is 0 Å². The molecular weight excluding hydrogens is 617 g/mol. The van der Waals surface area contributed by atoms with Crippen LogP contribution < -0.4 is 4.90 Å². The summed E-state index contributed by atoms with van der Waals surface area (Å²) in [6.45, 7) is 4.72. The average Bonchev–Trinajstić information content (AvgIpc) is 3.64. The zero-order valence-electron chi connectivity index (χ0n) is 28.7. The molecule has 0 radical (unpaired) electrons. The summed E-state index contributed by atoms with van der Waals surface area (Å²) in [5.41, 5.74) is 14.6. The summed E-state index contributed by atoms with van der Waals surface area (Å²) in [6.07, 6.45) is 0. The van der Waals surface area contributed by atoms with Crippen LogP contribution in [-0.2, 0) is 5.41 Å². The summed E-state index contributed by atoms with van der Waals surface area (Å²) < 4.78 is 2.44. The van der Waals surface area contributed by atoms with Crippen molar-refractivity contribution >= 4 is 49.6 Å². The summed E-state index contributed by atoms with van der Waals surface area (Å²) in [6, 6.07) is 66.7. The third-order valence-electron chi connectivity index (χ3n) is 10.9. The molecule has 0 unspecified atom stereocenters. The number of anilines is 3. The molecule has 10 rings (SSSR count). The minimum Gasteiger partial charge on any atom is -0.310 e. The topological polar surface area (TPSA) is 8.17 Å². The van der Waals surface area contributed by atoms with Crippen LogP contribution in [0, 0.1) is 0 Å². The van der Waals surface area contributed by atoms with Crippen molar-refractivity contribution in [3.63, 3.8) is 0 Å². The highest BCUT2D eigenvalue weighted by molar-refractivity contribution is 6.15. The summed E-state index contributed by atoms with van der Waals surface area (Å²) in [5.74, 6) is 0. The van der Waals surface area contributed by atoms with Gasteiger partial charge in [0, 0.05) is 44.5 Å². The van der Waals surface area contributed by atoms with Gasteiger partial charge in [-0.1, -0.05) is 141 Å². The van der Waals surface area contributed by atoms with Gasteiger partial charge in [0.1, 0.15) is 0 Å². The van der Waals surface area contributed by atoms with E-state index >= 15 is 0 Å². The number of nitrogens with zero attached hydrogens (tertiary/aromatic N) is 2. The molecule has 0 amide bonds. The lowest BCUT2D eigenvalue weighted by Crippen LogP contribution is -2.16. The molecule has 242 valence electrons. The first-order chi connectivity index (χ1) is 25.1. The molecule has 8 aromatic carbocycles. The Morgan fingerprint density at radius 1 is 0.431 bits per heavy atom. The number of fused-ring (bicyclic) bond motifs is 7. The Morgan fingerprint density at radius 3 is 1.92 bits per heavy atom. The fourth-order valence-corrected chi connectivity index (χ4v) is 8.49. The highest BCUT2D eigenvalue weighted by Crippen LogP contribution is 2.51. The SMILES string of the molecule is CC1(C)c2ccccc2-c2ccc(N(c3ccc4ccccc4c3)c3cc(-c4ccccc4)c4c(c3)c3ccccc3n4-c3ccccc3)cc21. The fourth-order valence-electron chi connectivity index (χ4n) is 8.49. The van der Waals surface area contributed by atoms with Crippen LogP contribution in [0.4, 0.5) is 17.1 Å². The van der Waals surface area contributed by atoms with Crippen LogP contribution in [0.1, 0.15) is 25.0 Å². The number of benzene rings is 8. The van der Waals surface area contributed by atoms with Gasteiger partial charge in [0.15, 0.2) is 0 Å². The highest BCUT2D eigenvalue weighted by Gasteiger charge is 2.36. The first-order valence-corrected chi connectivity index (χ1v) is 17.8. The van der Waals surface area contributed by atoms with Gasteiger partial charge in [-0.15, -0.1) is 0 Å². The summed E-state index contributed by atoms with van der Waals surface area (Å²) >= 11 is 0. The van der Waals surface area contributed by atoms with Gasteiger partial charge in [0.2, 0.25) is 0 Å². The van der Waals surface area contributed by atoms with E-state index in [9.17, 15) is 0 Å². The Hall–Kier alpha value is -6.38. The van der Waals surface area contributed by atoms with Crippen molar-refractivity contribution in [1.82, 2.24) is 4.57 Å². The van der Waals surface area contributed by atoms with E-state index in [1.807, 2.05) is 0 Å². The van der Waals surface area contributed by atoms with E-state index in [2.05, 4.69) is 205 Å². The van der Waals surface area contributed by atoms with E-state index in [-0.39, 0.29) is 5.41 Å². The van der Waals surface area contributed by atoms with Gasteiger partial charge in [0.05, 0.1) is 11.0 Å². The molecule has 2 nitrogen and oxygen atoms in total. The van der Waals surface area contributed by atoms with Crippen molar-refractivity contribution in [1.29, 1.82) is 0 Å². The maximum Gasteiger partial charge on any atom is 0.0621 e. The first-order valence-electron chi connectivity index (χ1n) is 17.8. The van der Waals surface area contributed by atoms with Crippen molar-refractivity contribution < 1.29 is 0 Å². The molecule has 1 aliphatic rings. The molecule has 0 saturated carbocycles. The highest BCUT2D eigenvalue weighted by atomic mass is 15.1. The zero-order chi connectivity index (χ0) is 34.1. The van der Waals surface area contributed by atoms with Crippen LogP contribution in [0.3, 0.4) is 0 Å². The van der Waals surface area contributed by atoms with Gasteiger partial charge >= 0.3 is 0 Å². The van der Waals surface area contributed by atoms with Gasteiger partial charge in [-0.3, -0.25) is 0 Å². The molecule has 0 atom stereocenters. The van der Waals surface area contributed by atoms with E-state index in [1.165, 1.54) is 66.0 Å². The molecule has 0 fully saturated rings. The molecular formula is C49H36N2. The Kier molecular flexibility index (Phi) is 6.56. The quantitative estimate of drug-likeness (QED) is 0.180. The third-order valence-corrected chi connectivity index (χ3v) is 10.9.